The molecule has 1 heterocycles. The summed E-state index contributed by atoms with van der Waals surface area (Å²) >= 11 is 0. The molecule has 0 amide bonds. The zero-order valence-corrected chi connectivity index (χ0v) is 9.98. The molecule has 3 nitrogen and oxygen atoms in total. The molecule has 1 N–H and O–H groups in total. The molecule has 0 saturated carbocycles. The standard InChI is InChI=1S/C13H19N3/c1-3-15(4-2)12-8-5-6-9-13(12)16-11-7-10-14-16/h5-10,14H,3-4,11H2,1-2H3. The molecular weight excluding hydrogens is 198 g/mol. The highest BCUT2D eigenvalue weighted by Crippen LogP contribution is 2.28. The van der Waals surface area contributed by atoms with Gasteiger partial charge in [-0.2, -0.15) is 0 Å². The summed E-state index contributed by atoms with van der Waals surface area (Å²) in [5.41, 5.74) is 5.78. The number of anilines is 2. The Morgan fingerprint density at radius 1 is 1.25 bits per heavy atom. The molecule has 0 atom stereocenters. The van der Waals surface area contributed by atoms with Crippen LogP contribution in [0, 0.1) is 0 Å². The molecule has 0 radical (unpaired) electrons. The molecule has 86 valence electrons. The van der Waals surface area contributed by atoms with E-state index in [4.69, 9.17) is 0 Å². The molecule has 0 spiro atoms. The Hall–Kier alpha value is -1.64. The number of nitrogens with zero attached hydrogens (tertiary/aromatic N) is 2. The molecule has 0 aromatic heterocycles. The smallest absolute Gasteiger partial charge is 0.0808 e. The van der Waals surface area contributed by atoms with Crippen LogP contribution in [0.2, 0.25) is 0 Å². The van der Waals surface area contributed by atoms with Gasteiger partial charge in [0.2, 0.25) is 0 Å². The Balaban J connectivity index is 2.29. The Kier molecular flexibility index (Phi) is 3.34. The summed E-state index contributed by atoms with van der Waals surface area (Å²) in [6.07, 6.45) is 4.11. The maximum Gasteiger partial charge on any atom is 0.0808 e. The first kappa shape index (κ1) is 10.9. The van der Waals surface area contributed by atoms with Crippen LogP contribution >= 0.6 is 0 Å². The second-order valence-corrected chi connectivity index (χ2v) is 3.80. The fourth-order valence-electron chi connectivity index (χ4n) is 2.05. The number of hydrogen-bond donors (Lipinski definition) is 1. The summed E-state index contributed by atoms with van der Waals surface area (Å²) in [6, 6.07) is 8.53. The third-order valence-electron chi connectivity index (χ3n) is 2.91. The fourth-order valence-corrected chi connectivity index (χ4v) is 2.05. The Bertz CT molecular complexity index is 340. The van der Waals surface area contributed by atoms with Crippen LogP contribution in [-0.4, -0.2) is 19.6 Å². The van der Waals surface area contributed by atoms with Gasteiger partial charge in [0.1, 0.15) is 0 Å². The molecule has 16 heavy (non-hydrogen) atoms. The van der Waals surface area contributed by atoms with Crippen LogP contribution in [0.1, 0.15) is 13.8 Å². The summed E-state index contributed by atoms with van der Waals surface area (Å²) in [5, 5.41) is 2.16. The average molecular weight is 217 g/mol. The lowest BCUT2D eigenvalue weighted by atomic mass is 10.2. The summed E-state index contributed by atoms with van der Waals surface area (Å²) in [5.74, 6) is 0. The van der Waals surface area contributed by atoms with Crippen molar-refractivity contribution in [1.29, 1.82) is 0 Å². The molecule has 2 rings (SSSR count). The Morgan fingerprint density at radius 2 is 2.00 bits per heavy atom. The van der Waals surface area contributed by atoms with E-state index in [9.17, 15) is 0 Å². The van der Waals surface area contributed by atoms with Crippen molar-refractivity contribution in [1.82, 2.24) is 5.43 Å². The summed E-state index contributed by atoms with van der Waals surface area (Å²) < 4.78 is 0. The number of hydrazine groups is 1. The van der Waals surface area contributed by atoms with Gasteiger partial charge in [0.05, 0.1) is 17.9 Å². The van der Waals surface area contributed by atoms with Gasteiger partial charge in [0, 0.05) is 19.3 Å². The minimum atomic E-state index is 0.929. The lowest BCUT2D eigenvalue weighted by Crippen LogP contribution is -2.32. The van der Waals surface area contributed by atoms with Gasteiger partial charge < -0.3 is 10.3 Å². The van der Waals surface area contributed by atoms with Gasteiger partial charge in [-0.25, -0.2) is 0 Å². The van der Waals surface area contributed by atoms with Gasteiger partial charge in [0.15, 0.2) is 0 Å². The van der Waals surface area contributed by atoms with E-state index in [1.54, 1.807) is 0 Å². The number of rotatable bonds is 4. The molecular formula is C13H19N3. The van der Waals surface area contributed by atoms with Crippen molar-refractivity contribution in [2.45, 2.75) is 13.8 Å². The predicted octanol–water partition coefficient (Wildman–Crippen LogP) is 2.37. The Labute approximate surface area is 97.3 Å². The molecule has 3 heteroatoms. The van der Waals surface area contributed by atoms with E-state index in [-0.39, 0.29) is 0 Å². The van der Waals surface area contributed by atoms with E-state index < -0.39 is 0 Å². The average Bonchev–Trinajstić information content (AvgIpc) is 2.85. The third kappa shape index (κ3) is 1.98. The molecule has 1 aromatic carbocycles. The zero-order valence-electron chi connectivity index (χ0n) is 9.98. The van der Waals surface area contributed by atoms with E-state index in [1.807, 2.05) is 6.20 Å². The van der Waals surface area contributed by atoms with E-state index in [1.165, 1.54) is 11.4 Å². The van der Waals surface area contributed by atoms with Crippen LogP contribution in [0.5, 0.6) is 0 Å². The maximum absolute atomic E-state index is 3.24. The lowest BCUT2D eigenvalue weighted by Gasteiger charge is -2.28. The summed E-state index contributed by atoms with van der Waals surface area (Å²) in [7, 11) is 0. The van der Waals surface area contributed by atoms with Gasteiger partial charge in [0.25, 0.3) is 0 Å². The zero-order chi connectivity index (χ0) is 11.4. The Morgan fingerprint density at radius 3 is 2.62 bits per heavy atom. The second kappa shape index (κ2) is 4.92. The molecule has 0 fully saturated rings. The van der Waals surface area contributed by atoms with Crippen molar-refractivity contribution in [3.8, 4) is 0 Å². The monoisotopic (exact) mass is 217 g/mol. The summed E-state index contributed by atoms with van der Waals surface area (Å²) in [6.45, 7) is 7.38. The van der Waals surface area contributed by atoms with Crippen LogP contribution < -0.4 is 15.3 Å². The van der Waals surface area contributed by atoms with Crippen molar-refractivity contribution >= 4 is 11.4 Å². The minimum Gasteiger partial charge on any atom is -0.370 e. The van der Waals surface area contributed by atoms with Crippen molar-refractivity contribution in [2.24, 2.45) is 0 Å². The molecule has 0 bridgehead atoms. The van der Waals surface area contributed by atoms with E-state index in [2.05, 4.69) is 59.5 Å². The van der Waals surface area contributed by atoms with Crippen LogP contribution in [0.4, 0.5) is 11.4 Å². The maximum atomic E-state index is 3.24. The quantitative estimate of drug-likeness (QED) is 0.835. The molecule has 0 aliphatic carbocycles. The topological polar surface area (TPSA) is 18.5 Å². The van der Waals surface area contributed by atoms with Gasteiger partial charge in [-0.1, -0.05) is 12.1 Å². The summed E-state index contributed by atoms with van der Waals surface area (Å²) in [4.78, 5) is 2.37. The number of para-hydroxylation sites is 2. The van der Waals surface area contributed by atoms with Gasteiger partial charge in [-0.15, -0.1) is 0 Å². The van der Waals surface area contributed by atoms with Crippen molar-refractivity contribution in [3.63, 3.8) is 0 Å². The van der Waals surface area contributed by atoms with Gasteiger partial charge in [-0.3, -0.25) is 5.01 Å². The fraction of sp³-hybridized carbons (Fsp3) is 0.385. The normalized spacial score (nSPS) is 14.0. The number of benzene rings is 1. The van der Waals surface area contributed by atoms with Gasteiger partial charge in [-0.05, 0) is 32.1 Å². The number of nitrogens with one attached hydrogen (secondary N) is 1. The van der Waals surface area contributed by atoms with Gasteiger partial charge >= 0.3 is 0 Å². The lowest BCUT2D eigenvalue weighted by molar-refractivity contribution is 0.817. The van der Waals surface area contributed by atoms with E-state index >= 15 is 0 Å². The first-order chi connectivity index (χ1) is 7.86. The van der Waals surface area contributed by atoms with Crippen molar-refractivity contribution in [2.75, 3.05) is 29.5 Å². The third-order valence-corrected chi connectivity index (χ3v) is 2.91. The van der Waals surface area contributed by atoms with Crippen LogP contribution in [0.25, 0.3) is 0 Å². The molecule has 1 aliphatic heterocycles. The highest BCUT2D eigenvalue weighted by atomic mass is 15.5. The highest BCUT2D eigenvalue weighted by molar-refractivity contribution is 5.71. The second-order valence-electron chi connectivity index (χ2n) is 3.80. The SMILES string of the molecule is CCN(CC)c1ccccc1N1CC=CN1. The van der Waals surface area contributed by atoms with Crippen LogP contribution in [0.3, 0.4) is 0 Å². The first-order valence-corrected chi connectivity index (χ1v) is 5.89. The first-order valence-electron chi connectivity index (χ1n) is 5.89. The van der Waals surface area contributed by atoms with Crippen molar-refractivity contribution < 1.29 is 0 Å². The molecule has 1 aliphatic rings. The molecule has 0 unspecified atom stereocenters. The van der Waals surface area contributed by atoms with Crippen molar-refractivity contribution in [3.05, 3.63) is 36.5 Å². The largest absolute Gasteiger partial charge is 0.370 e. The molecule has 0 saturated heterocycles. The predicted molar refractivity (Wildman–Crippen MR) is 69.6 cm³/mol. The molecule has 1 aromatic rings. The van der Waals surface area contributed by atoms with E-state index in [0.717, 1.165) is 19.6 Å². The van der Waals surface area contributed by atoms with Crippen LogP contribution in [-0.2, 0) is 0 Å². The minimum absolute atomic E-state index is 0.929. The van der Waals surface area contributed by atoms with E-state index in [0.29, 0.717) is 0 Å². The van der Waals surface area contributed by atoms with Crippen LogP contribution in [0.15, 0.2) is 36.5 Å². The number of hydrogen-bond acceptors (Lipinski definition) is 3. The highest BCUT2D eigenvalue weighted by Gasteiger charge is 2.14.